The van der Waals surface area contributed by atoms with Crippen molar-refractivity contribution < 1.29 is 47.9 Å². The van der Waals surface area contributed by atoms with Gasteiger partial charge >= 0.3 is 23.5 Å². The van der Waals surface area contributed by atoms with Crippen molar-refractivity contribution in [2.45, 2.75) is 63.9 Å². The molecule has 2 aromatic rings. The molecule has 0 bridgehead atoms. The number of esters is 3. The molecule has 0 spiro atoms. The van der Waals surface area contributed by atoms with Crippen molar-refractivity contribution in [3.05, 3.63) is 46.2 Å². The van der Waals surface area contributed by atoms with Crippen molar-refractivity contribution in [1.82, 2.24) is 4.98 Å². The van der Waals surface area contributed by atoms with Gasteiger partial charge < -0.3 is 33.5 Å². The first-order valence-electron chi connectivity index (χ1n) is 11.8. The predicted octanol–water partition coefficient (Wildman–Crippen LogP) is 3.59. The number of aliphatic hydroxyl groups is 1. The molecule has 11 nitrogen and oxygen atoms in total. The molecule has 0 aliphatic carbocycles. The summed E-state index contributed by atoms with van der Waals surface area (Å²) in [5, 5.41) is 12.6. The molecule has 0 amide bonds. The lowest BCUT2D eigenvalue weighted by atomic mass is 9.70. The van der Waals surface area contributed by atoms with Gasteiger partial charge in [-0.15, -0.1) is 0 Å². The molecular formula is C27H32ClNO10. The van der Waals surface area contributed by atoms with Crippen LogP contribution in [-0.2, 0) is 29.4 Å². The van der Waals surface area contributed by atoms with E-state index in [2.05, 4.69) is 4.98 Å². The van der Waals surface area contributed by atoms with Crippen LogP contribution in [0.25, 0.3) is 0 Å². The van der Waals surface area contributed by atoms with E-state index in [1.807, 2.05) is 0 Å². The summed E-state index contributed by atoms with van der Waals surface area (Å²) in [4.78, 5) is 45.4. The van der Waals surface area contributed by atoms with Crippen LogP contribution < -0.4 is 14.2 Å². The zero-order valence-electron chi connectivity index (χ0n) is 23.3. The fourth-order valence-electron chi connectivity index (χ4n) is 4.14. The molecule has 1 aromatic heterocycles. The Bertz CT molecular complexity index is 1260. The number of aromatic nitrogens is 1. The summed E-state index contributed by atoms with van der Waals surface area (Å²) >= 11 is 6.05. The smallest absolute Gasteiger partial charge is 0.367 e. The lowest BCUT2D eigenvalue weighted by molar-refractivity contribution is -0.223. The van der Waals surface area contributed by atoms with Crippen LogP contribution in [0.5, 0.6) is 17.2 Å². The topological polar surface area (TPSA) is 140 Å². The van der Waals surface area contributed by atoms with Crippen LogP contribution in [-0.4, -0.2) is 66.1 Å². The number of cyclic esters (lactones) is 1. The van der Waals surface area contributed by atoms with Gasteiger partial charge in [0, 0.05) is 11.1 Å². The minimum Gasteiger partial charge on any atom is -0.493 e. The van der Waals surface area contributed by atoms with Crippen LogP contribution in [0.15, 0.2) is 24.3 Å². The number of pyridine rings is 1. The van der Waals surface area contributed by atoms with Crippen LogP contribution in [0.2, 0.25) is 5.15 Å². The summed E-state index contributed by atoms with van der Waals surface area (Å²) in [5.74, 6) is -3.66. The molecule has 1 atom stereocenters. The molecule has 1 aliphatic heterocycles. The van der Waals surface area contributed by atoms with E-state index >= 15 is 0 Å². The van der Waals surface area contributed by atoms with Crippen LogP contribution in [0.3, 0.4) is 0 Å². The molecule has 1 N–H and O–H groups in total. The van der Waals surface area contributed by atoms with Gasteiger partial charge in [0.2, 0.25) is 5.75 Å². The predicted molar refractivity (Wildman–Crippen MR) is 138 cm³/mol. The van der Waals surface area contributed by atoms with Crippen LogP contribution in [0.4, 0.5) is 0 Å². The van der Waals surface area contributed by atoms with Crippen molar-refractivity contribution >= 4 is 29.5 Å². The van der Waals surface area contributed by atoms with Gasteiger partial charge in [-0.05, 0) is 59.7 Å². The Morgan fingerprint density at radius 2 is 1.38 bits per heavy atom. The molecule has 2 heterocycles. The molecule has 0 saturated carbocycles. The third-order valence-electron chi connectivity index (χ3n) is 5.65. The number of nitrogens with zero attached hydrogens (tertiary/aromatic N) is 1. The summed E-state index contributed by atoms with van der Waals surface area (Å²) in [6.07, 6.45) is 0. The number of hydrogen-bond donors (Lipinski definition) is 1. The highest BCUT2D eigenvalue weighted by Crippen LogP contribution is 2.52. The molecule has 0 saturated heterocycles. The molecule has 3 rings (SSSR count). The Morgan fingerprint density at radius 1 is 0.897 bits per heavy atom. The average Bonchev–Trinajstić information content (AvgIpc) is 2.82. The van der Waals surface area contributed by atoms with Gasteiger partial charge in [0.25, 0.3) is 0 Å². The number of methoxy groups -OCH3 is 3. The number of fused-ring (bicyclic) bond motifs is 1. The first-order chi connectivity index (χ1) is 17.9. The van der Waals surface area contributed by atoms with E-state index in [1.165, 1.54) is 45.6 Å². The van der Waals surface area contributed by atoms with Gasteiger partial charge in [-0.25, -0.2) is 19.4 Å². The van der Waals surface area contributed by atoms with E-state index in [1.54, 1.807) is 41.5 Å². The van der Waals surface area contributed by atoms with Crippen LogP contribution in [0, 0.1) is 0 Å². The highest BCUT2D eigenvalue weighted by molar-refractivity contribution is 6.29. The molecule has 1 aromatic carbocycles. The summed E-state index contributed by atoms with van der Waals surface area (Å²) in [7, 11) is 4.07. The van der Waals surface area contributed by atoms with E-state index in [0.717, 1.165) is 0 Å². The molecule has 39 heavy (non-hydrogen) atoms. The van der Waals surface area contributed by atoms with Crippen LogP contribution in [0.1, 0.15) is 63.2 Å². The van der Waals surface area contributed by atoms with E-state index in [0.29, 0.717) is 0 Å². The third-order valence-corrected chi connectivity index (χ3v) is 5.87. The summed E-state index contributed by atoms with van der Waals surface area (Å²) < 4.78 is 33.0. The third kappa shape index (κ3) is 5.20. The first kappa shape index (κ1) is 30.0. The Labute approximate surface area is 231 Å². The molecule has 1 unspecified atom stereocenters. The normalized spacial score (nSPS) is 18.4. The fraction of sp³-hybridized carbons (Fsp3) is 0.481. The second-order valence-corrected chi connectivity index (χ2v) is 11.1. The van der Waals surface area contributed by atoms with E-state index in [-0.39, 0.29) is 33.5 Å². The maximum absolute atomic E-state index is 14.0. The zero-order valence-corrected chi connectivity index (χ0v) is 24.0. The van der Waals surface area contributed by atoms with Gasteiger partial charge in [-0.1, -0.05) is 17.7 Å². The monoisotopic (exact) mass is 565 g/mol. The van der Waals surface area contributed by atoms with Crippen molar-refractivity contribution in [2.75, 3.05) is 21.3 Å². The lowest BCUT2D eigenvalue weighted by Crippen LogP contribution is -2.69. The maximum Gasteiger partial charge on any atom is 0.367 e. The van der Waals surface area contributed by atoms with Gasteiger partial charge in [0.05, 0.1) is 21.3 Å². The molecule has 0 fully saturated rings. The number of rotatable bonds is 6. The van der Waals surface area contributed by atoms with Crippen LogP contribution >= 0.6 is 11.6 Å². The average molecular weight is 566 g/mol. The quantitative estimate of drug-likeness (QED) is 0.238. The second-order valence-electron chi connectivity index (χ2n) is 10.7. The Kier molecular flexibility index (Phi) is 7.84. The number of ether oxygens (including phenoxy) is 6. The van der Waals surface area contributed by atoms with E-state index in [9.17, 15) is 19.5 Å². The highest BCUT2D eigenvalue weighted by Gasteiger charge is 2.73. The number of halogens is 1. The van der Waals surface area contributed by atoms with Crippen molar-refractivity contribution in [3.63, 3.8) is 0 Å². The van der Waals surface area contributed by atoms with Gasteiger partial charge in [0.1, 0.15) is 16.4 Å². The van der Waals surface area contributed by atoms with Gasteiger partial charge in [0.15, 0.2) is 22.8 Å². The van der Waals surface area contributed by atoms with Gasteiger partial charge in [-0.3, -0.25) is 0 Å². The molecule has 212 valence electrons. The molecule has 12 heteroatoms. The first-order valence-corrected chi connectivity index (χ1v) is 12.2. The molecule has 1 aliphatic rings. The zero-order chi connectivity index (χ0) is 29.6. The van der Waals surface area contributed by atoms with Crippen molar-refractivity contribution in [1.29, 1.82) is 0 Å². The SMILES string of the molecule is COc1cc(C2(O)c3ccc(Cl)nc3C(=O)OC2(C(=O)OC(C)(C)C)C(=O)OC(C)(C)C)cc(OC)c1OC. The number of benzene rings is 1. The maximum atomic E-state index is 14.0. The Hall–Kier alpha value is -3.57. The highest BCUT2D eigenvalue weighted by atomic mass is 35.5. The Balaban J connectivity index is 2.55. The van der Waals surface area contributed by atoms with E-state index < -0.39 is 46.0 Å². The van der Waals surface area contributed by atoms with E-state index in [4.69, 9.17) is 40.0 Å². The van der Waals surface area contributed by atoms with Crippen molar-refractivity contribution in [3.8, 4) is 17.2 Å². The summed E-state index contributed by atoms with van der Waals surface area (Å²) in [6.45, 7) is 9.29. The summed E-state index contributed by atoms with van der Waals surface area (Å²) in [5.41, 5.74) is -9.09. The minimum absolute atomic E-state index is 0.0722. The number of carbonyl (C=O) groups excluding carboxylic acids is 3. The van der Waals surface area contributed by atoms with Gasteiger partial charge in [-0.2, -0.15) is 0 Å². The molecular weight excluding hydrogens is 534 g/mol. The fourth-order valence-corrected chi connectivity index (χ4v) is 4.29. The minimum atomic E-state index is -3.10. The lowest BCUT2D eigenvalue weighted by Gasteiger charge is -2.47. The Morgan fingerprint density at radius 3 is 1.79 bits per heavy atom. The second kappa shape index (κ2) is 10.2. The number of hydrogen-bond acceptors (Lipinski definition) is 11. The standard InChI is InChI=1S/C27H32ClNO10/c1-24(2,3)38-22(31)27(23(32)39-25(4,5)6)26(33,15-10-11-18(28)29-19(15)21(30)37-27)14-12-16(34-7)20(36-9)17(13-14)35-8/h10-13,33H,1-9H3. The summed E-state index contributed by atoms with van der Waals surface area (Å²) in [6, 6.07) is 5.17. The largest absolute Gasteiger partial charge is 0.493 e. The number of carbonyl (C=O) groups is 3. The molecule has 0 radical (unpaired) electrons. The van der Waals surface area contributed by atoms with Crippen molar-refractivity contribution in [2.24, 2.45) is 0 Å².